The van der Waals surface area contributed by atoms with Gasteiger partial charge in [0.05, 0.1) is 24.6 Å². The molecule has 0 unspecified atom stereocenters. The third-order valence-electron chi connectivity index (χ3n) is 8.41. The van der Waals surface area contributed by atoms with E-state index in [1.165, 1.54) is 0 Å². The second-order valence-electron chi connectivity index (χ2n) is 14.2. The summed E-state index contributed by atoms with van der Waals surface area (Å²) in [6, 6.07) is 31.3. The number of hydrogen-bond acceptors (Lipinski definition) is 6. The molecule has 6 rings (SSSR count). The number of hydrogen-bond donors (Lipinski definition) is 2. The van der Waals surface area contributed by atoms with Gasteiger partial charge in [0.25, 0.3) is 0 Å². The van der Waals surface area contributed by atoms with Crippen molar-refractivity contribution in [3.63, 3.8) is 0 Å². The number of carbonyl (C=O) groups is 1. The van der Waals surface area contributed by atoms with Crippen molar-refractivity contribution in [2.45, 2.75) is 58.9 Å². The van der Waals surface area contributed by atoms with Crippen LogP contribution in [-0.4, -0.2) is 47.4 Å². The molecule has 7 heteroatoms. The summed E-state index contributed by atoms with van der Waals surface area (Å²) in [7, 11) is 0. The minimum Gasteiger partial charge on any atom is -0.508 e. The highest BCUT2D eigenvalue weighted by Crippen LogP contribution is 2.34. The van der Waals surface area contributed by atoms with Gasteiger partial charge < -0.3 is 14.6 Å². The van der Waals surface area contributed by atoms with Gasteiger partial charge in [0, 0.05) is 36.8 Å². The fourth-order valence-corrected chi connectivity index (χ4v) is 5.57. The largest absolute Gasteiger partial charge is 0.508 e. The first-order valence-corrected chi connectivity index (χ1v) is 16.5. The molecule has 4 aromatic carbocycles. The lowest BCUT2D eigenvalue weighted by atomic mass is 9.87. The molecular formula is C41H47N3O4. The zero-order valence-electron chi connectivity index (χ0n) is 28.9. The molecule has 0 aliphatic carbocycles. The van der Waals surface area contributed by atoms with Gasteiger partial charge in [-0.25, -0.2) is 4.79 Å². The molecule has 2 N–H and O–H groups in total. The molecule has 0 radical (unpaired) electrons. The number of phenols is 1. The number of pyridine rings is 1. The number of rotatable bonds is 5. The molecule has 1 saturated heterocycles. The zero-order valence-corrected chi connectivity index (χ0v) is 28.9. The molecule has 0 spiro atoms. The molecule has 1 aromatic heterocycles. The molecule has 2 heterocycles. The highest BCUT2D eigenvalue weighted by Gasteiger charge is 2.17. The van der Waals surface area contributed by atoms with Gasteiger partial charge in [-0.2, -0.15) is 0 Å². The Balaban J connectivity index is 0.000000349. The molecule has 0 bridgehead atoms. The maximum atomic E-state index is 12.8. The quantitative estimate of drug-likeness (QED) is 0.198. The van der Waals surface area contributed by atoms with E-state index >= 15 is 0 Å². The van der Waals surface area contributed by atoms with E-state index in [1.807, 2.05) is 66.9 Å². The van der Waals surface area contributed by atoms with E-state index in [0.717, 1.165) is 71.6 Å². The molecule has 1 aliphatic heterocycles. The van der Waals surface area contributed by atoms with E-state index < -0.39 is 6.09 Å². The number of morpholine rings is 1. The van der Waals surface area contributed by atoms with E-state index in [4.69, 9.17) is 14.5 Å². The summed E-state index contributed by atoms with van der Waals surface area (Å²) in [5, 5.41) is 14.1. The number of benzene rings is 4. The first kappa shape index (κ1) is 34.6. The van der Waals surface area contributed by atoms with Crippen LogP contribution in [0.15, 0.2) is 103 Å². The third-order valence-corrected chi connectivity index (χ3v) is 8.41. The monoisotopic (exact) mass is 645 g/mol. The standard InChI is InChI=1S/C31H33N3O3.C10H14O/c1-31(2,3)23-7-6-8-25(19-23)37-30(35)33-29-14-13-26(27-9-4-5-10-28(27)29)22-11-12-24(32-20-22)21-34-15-17-36-18-16-34;1-10(2,3)8-5-4-6-9(11)7-8/h4-14,19-20H,15-18,21H2,1-3H3,(H,33,35);4-7,11H,1-3H3. The van der Waals surface area contributed by atoms with Crippen LogP contribution in [0.25, 0.3) is 21.9 Å². The maximum absolute atomic E-state index is 12.8. The summed E-state index contributed by atoms with van der Waals surface area (Å²) in [6.45, 7) is 17.0. The summed E-state index contributed by atoms with van der Waals surface area (Å²) < 4.78 is 11.1. The van der Waals surface area contributed by atoms with Crippen molar-refractivity contribution in [1.29, 1.82) is 0 Å². The van der Waals surface area contributed by atoms with Crippen LogP contribution < -0.4 is 10.1 Å². The summed E-state index contributed by atoms with van der Waals surface area (Å²) in [5.74, 6) is 0.867. The van der Waals surface area contributed by atoms with Crippen molar-refractivity contribution in [3.05, 3.63) is 120 Å². The fourth-order valence-electron chi connectivity index (χ4n) is 5.57. The molecule has 48 heavy (non-hydrogen) atoms. The van der Waals surface area contributed by atoms with Crippen molar-refractivity contribution < 1.29 is 19.4 Å². The molecule has 0 saturated carbocycles. The molecular weight excluding hydrogens is 598 g/mol. The highest BCUT2D eigenvalue weighted by atomic mass is 16.6. The molecule has 1 amide bonds. The Hall–Kier alpha value is -4.72. The Morgan fingerprint density at radius 1 is 0.812 bits per heavy atom. The van der Waals surface area contributed by atoms with Crippen molar-refractivity contribution in [2.24, 2.45) is 0 Å². The van der Waals surface area contributed by atoms with E-state index in [2.05, 4.69) is 70.0 Å². The number of amides is 1. The van der Waals surface area contributed by atoms with E-state index in [1.54, 1.807) is 18.2 Å². The lowest BCUT2D eigenvalue weighted by molar-refractivity contribution is 0.0336. The van der Waals surface area contributed by atoms with Gasteiger partial charge in [-0.05, 0) is 69.3 Å². The number of anilines is 1. The van der Waals surface area contributed by atoms with Crippen molar-refractivity contribution in [3.8, 4) is 22.6 Å². The van der Waals surface area contributed by atoms with Gasteiger partial charge >= 0.3 is 6.09 Å². The smallest absolute Gasteiger partial charge is 0.417 e. The first-order valence-electron chi connectivity index (χ1n) is 16.5. The van der Waals surface area contributed by atoms with E-state index in [-0.39, 0.29) is 10.8 Å². The van der Waals surface area contributed by atoms with Gasteiger partial charge in [0.15, 0.2) is 0 Å². The summed E-state index contributed by atoms with van der Waals surface area (Å²) in [4.78, 5) is 19.9. The Morgan fingerprint density at radius 2 is 1.48 bits per heavy atom. The van der Waals surface area contributed by atoms with Gasteiger partial charge in [-0.1, -0.05) is 102 Å². The third kappa shape index (κ3) is 9.21. The van der Waals surface area contributed by atoms with Crippen molar-refractivity contribution >= 4 is 22.6 Å². The number of ether oxygens (including phenoxy) is 2. The van der Waals surface area contributed by atoms with Crippen LogP contribution in [0.1, 0.15) is 58.4 Å². The van der Waals surface area contributed by atoms with Gasteiger partial charge in [0.1, 0.15) is 11.5 Å². The lowest BCUT2D eigenvalue weighted by Gasteiger charge is -2.26. The van der Waals surface area contributed by atoms with Gasteiger partial charge in [-0.15, -0.1) is 0 Å². The lowest BCUT2D eigenvalue weighted by Crippen LogP contribution is -2.35. The predicted octanol–water partition coefficient (Wildman–Crippen LogP) is 9.33. The Bertz CT molecular complexity index is 1830. The van der Waals surface area contributed by atoms with Crippen molar-refractivity contribution in [2.75, 3.05) is 31.6 Å². The molecule has 1 aliphatic rings. The highest BCUT2D eigenvalue weighted by molar-refractivity contribution is 6.06. The normalized spacial score (nSPS) is 13.8. The number of carbonyl (C=O) groups excluding carboxylic acids is 1. The summed E-state index contributed by atoms with van der Waals surface area (Å²) in [5.41, 5.74) is 6.22. The number of nitrogens with zero attached hydrogens (tertiary/aromatic N) is 2. The number of fused-ring (bicyclic) bond motifs is 1. The maximum Gasteiger partial charge on any atom is 0.417 e. The first-order chi connectivity index (χ1) is 22.9. The average molecular weight is 646 g/mol. The minimum absolute atomic E-state index is 0.0303. The second-order valence-corrected chi connectivity index (χ2v) is 14.2. The van der Waals surface area contributed by atoms with E-state index in [9.17, 15) is 9.90 Å². The van der Waals surface area contributed by atoms with Crippen LogP contribution in [0.5, 0.6) is 11.5 Å². The molecule has 7 nitrogen and oxygen atoms in total. The van der Waals surface area contributed by atoms with Crippen LogP contribution >= 0.6 is 0 Å². The number of aromatic nitrogens is 1. The Labute approximate surface area is 284 Å². The minimum atomic E-state index is -0.516. The zero-order chi connectivity index (χ0) is 34.3. The van der Waals surface area contributed by atoms with Crippen molar-refractivity contribution in [1.82, 2.24) is 9.88 Å². The van der Waals surface area contributed by atoms with Crippen LogP contribution in [0.2, 0.25) is 0 Å². The van der Waals surface area contributed by atoms with Gasteiger partial charge in [0.2, 0.25) is 0 Å². The average Bonchev–Trinajstić information content (AvgIpc) is 3.05. The topological polar surface area (TPSA) is 83.9 Å². The van der Waals surface area contributed by atoms with Crippen LogP contribution in [0.4, 0.5) is 10.5 Å². The number of nitrogens with one attached hydrogen (secondary N) is 1. The summed E-state index contributed by atoms with van der Waals surface area (Å²) >= 11 is 0. The van der Waals surface area contributed by atoms with E-state index in [0.29, 0.717) is 17.2 Å². The Morgan fingerprint density at radius 3 is 2.10 bits per heavy atom. The number of phenolic OH excluding ortho intramolecular Hbond substituents is 1. The Kier molecular flexibility index (Phi) is 10.8. The van der Waals surface area contributed by atoms with Crippen LogP contribution in [0, 0.1) is 0 Å². The molecule has 1 fully saturated rings. The molecule has 5 aromatic rings. The predicted molar refractivity (Wildman–Crippen MR) is 195 cm³/mol. The van der Waals surface area contributed by atoms with Crippen LogP contribution in [0.3, 0.4) is 0 Å². The second kappa shape index (κ2) is 15.0. The fraction of sp³-hybridized carbons (Fsp3) is 0.317. The molecule has 250 valence electrons. The van der Waals surface area contributed by atoms with Gasteiger partial charge in [-0.3, -0.25) is 15.2 Å². The SMILES string of the molecule is CC(C)(C)c1cccc(O)c1.CC(C)(C)c1cccc(OC(=O)Nc2ccc(-c3ccc(CN4CCOCC4)nc3)c3ccccc23)c1. The summed E-state index contributed by atoms with van der Waals surface area (Å²) in [6.07, 6.45) is 1.42. The van der Waals surface area contributed by atoms with Crippen LogP contribution in [-0.2, 0) is 22.1 Å². The molecule has 0 atom stereocenters. The number of aromatic hydroxyl groups is 1.